The minimum absolute atomic E-state index is 0.195. The standard InChI is InChI=1S/C15H19NO2/c1-12-6-2-3-7-13(12)10-11-15(17)16-18-14-8-4-5-9-14/h2-3,6-7,10-11,14H,4-5,8-9H2,1H3,(H,16,17)/b11-10+. The Hall–Kier alpha value is -1.61. The minimum Gasteiger partial charge on any atom is -0.270 e. The fourth-order valence-corrected chi connectivity index (χ4v) is 2.12. The molecule has 1 saturated carbocycles. The van der Waals surface area contributed by atoms with E-state index in [-0.39, 0.29) is 12.0 Å². The zero-order valence-electron chi connectivity index (χ0n) is 10.7. The van der Waals surface area contributed by atoms with Gasteiger partial charge in [-0.2, -0.15) is 0 Å². The number of aryl methyl sites for hydroxylation is 1. The molecular formula is C15H19NO2. The van der Waals surface area contributed by atoms with Gasteiger partial charge in [0.15, 0.2) is 0 Å². The van der Waals surface area contributed by atoms with Gasteiger partial charge < -0.3 is 0 Å². The van der Waals surface area contributed by atoms with Crippen molar-refractivity contribution in [2.75, 3.05) is 0 Å². The van der Waals surface area contributed by atoms with Crippen LogP contribution < -0.4 is 5.48 Å². The highest BCUT2D eigenvalue weighted by atomic mass is 16.7. The lowest BCUT2D eigenvalue weighted by Crippen LogP contribution is -2.26. The summed E-state index contributed by atoms with van der Waals surface area (Å²) in [6.45, 7) is 2.02. The molecule has 1 aromatic carbocycles. The van der Waals surface area contributed by atoms with Crippen LogP contribution in [0.5, 0.6) is 0 Å². The zero-order valence-corrected chi connectivity index (χ0v) is 10.7. The smallest absolute Gasteiger partial charge is 0.267 e. The molecule has 96 valence electrons. The van der Waals surface area contributed by atoms with Crippen molar-refractivity contribution < 1.29 is 9.63 Å². The molecule has 1 amide bonds. The maximum atomic E-state index is 11.6. The summed E-state index contributed by atoms with van der Waals surface area (Å²) in [4.78, 5) is 16.9. The molecule has 3 nitrogen and oxygen atoms in total. The third kappa shape index (κ3) is 3.70. The Labute approximate surface area is 108 Å². The first-order valence-corrected chi connectivity index (χ1v) is 6.45. The number of carbonyl (C=O) groups is 1. The number of rotatable bonds is 4. The van der Waals surface area contributed by atoms with Gasteiger partial charge in [0.1, 0.15) is 0 Å². The van der Waals surface area contributed by atoms with Crippen molar-refractivity contribution in [2.24, 2.45) is 0 Å². The average Bonchev–Trinajstić information content (AvgIpc) is 2.88. The molecule has 2 rings (SSSR count). The molecule has 0 spiro atoms. The van der Waals surface area contributed by atoms with Gasteiger partial charge in [0, 0.05) is 6.08 Å². The summed E-state index contributed by atoms with van der Waals surface area (Å²) in [6.07, 6.45) is 7.99. The monoisotopic (exact) mass is 245 g/mol. The molecule has 1 aliphatic carbocycles. The van der Waals surface area contributed by atoms with Crippen LogP contribution in [0.3, 0.4) is 0 Å². The Morgan fingerprint density at radius 1 is 1.33 bits per heavy atom. The van der Waals surface area contributed by atoms with Gasteiger partial charge in [-0.15, -0.1) is 0 Å². The third-order valence-corrected chi connectivity index (χ3v) is 3.23. The summed E-state index contributed by atoms with van der Waals surface area (Å²) in [5, 5.41) is 0. The molecule has 1 N–H and O–H groups in total. The van der Waals surface area contributed by atoms with Crippen molar-refractivity contribution in [3.05, 3.63) is 41.5 Å². The second-order valence-corrected chi connectivity index (χ2v) is 4.68. The van der Waals surface area contributed by atoms with Crippen molar-refractivity contribution >= 4 is 12.0 Å². The van der Waals surface area contributed by atoms with Crippen LogP contribution in [0, 0.1) is 6.92 Å². The molecule has 0 unspecified atom stereocenters. The van der Waals surface area contributed by atoms with E-state index in [1.165, 1.54) is 18.9 Å². The van der Waals surface area contributed by atoms with Crippen LogP contribution in [0.4, 0.5) is 0 Å². The second-order valence-electron chi connectivity index (χ2n) is 4.68. The van der Waals surface area contributed by atoms with Crippen LogP contribution in [0.15, 0.2) is 30.3 Å². The number of benzene rings is 1. The first-order valence-electron chi connectivity index (χ1n) is 6.45. The fraction of sp³-hybridized carbons (Fsp3) is 0.400. The Balaban J connectivity index is 1.81. The average molecular weight is 245 g/mol. The van der Waals surface area contributed by atoms with E-state index in [2.05, 4.69) is 5.48 Å². The summed E-state index contributed by atoms with van der Waals surface area (Å²) in [5.74, 6) is -0.204. The summed E-state index contributed by atoms with van der Waals surface area (Å²) in [7, 11) is 0. The lowest BCUT2D eigenvalue weighted by molar-refractivity contribution is -0.132. The molecule has 0 radical (unpaired) electrons. The van der Waals surface area contributed by atoms with E-state index in [0.717, 1.165) is 24.0 Å². The van der Waals surface area contributed by atoms with Gasteiger partial charge >= 0.3 is 0 Å². The van der Waals surface area contributed by atoms with Crippen LogP contribution in [-0.4, -0.2) is 12.0 Å². The Bertz CT molecular complexity index is 434. The highest BCUT2D eigenvalue weighted by molar-refractivity contribution is 5.91. The van der Waals surface area contributed by atoms with Gasteiger partial charge in [-0.25, -0.2) is 5.48 Å². The predicted molar refractivity (Wildman–Crippen MR) is 71.7 cm³/mol. The number of hydroxylamine groups is 1. The SMILES string of the molecule is Cc1ccccc1/C=C/C(=O)NOC1CCCC1. The molecule has 1 aromatic rings. The molecule has 18 heavy (non-hydrogen) atoms. The molecule has 1 aliphatic rings. The van der Waals surface area contributed by atoms with E-state index in [1.54, 1.807) is 0 Å². The van der Waals surface area contributed by atoms with Gasteiger partial charge in [0.05, 0.1) is 6.10 Å². The van der Waals surface area contributed by atoms with Crippen LogP contribution in [0.1, 0.15) is 36.8 Å². The van der Waals surface area contributed by atoms with Gasteiger partial charge in [-0.05, 0) is 37.0 Å². The summed E-state index contributed by atoms with van der Waals surface area (Å²) < 4.78 is 0. The van der Waals surface area contributed by atoms with Crippen molar-refractivity contribution in [1.29, 1.82) is 0 Å². The lowest BCUT2D eigenvalue weighted by atomic mass is 10.1. The number of nitrogens with one attached hydrogen (secondary N) is 1. The maximum Gasteiger partial charge on any atom is 0.267 e. The number of amides is 1. The Morgan fingerprint density at radius 2 is 2.06 bits per heavy atom. The van der Waals surface area contributed by atoms with Crippen molar-refractivity contribution in [3.63, 3.8) is 0 Å². The van der Waals surface area contributed by atoms with Crippen LogP contribution >= 0.6 is 0 Å². The van der Waals surface area contributed by atoms with Crippen molar-refractivity contribution in [3.8, 4) is 0 Å². The van der Waals surface area contributed by atoms with Crippen molar-refractivity contribution in [1.82, 2.24) is 5.48 Å². The largest absolute Gasteiger partial charge is 0.270 e. The summed E-state index contributed by atoms with van der Waals surface area (Å²) in [6, 6.07) is 7.94. The number of hydrogen-bond donors (Lipinski definition) is 1. The molecule has 0 heterocycles. The van der Waals surface area contributed by atoms with Crippen molar-refractivity contribution in [2.45, 2.75) is 38.7 Å². The van der Waals surface area contributed by atoms with Crippen LogP contribution in [0.2, 0.25) is 0 Å². The fourth-order valence-electron chi connectivity index (χ4n) is 2.12. The van der Waals surface area contributed by atoms with Crippen LogP contribution in [0.25, 0.3) is 6.08 Å². The lowest BCUT2D eigenvalue weighted by Gasteiger charge is -2.09. The number of carbonyl (C=O) groups excluding carboxylic acids is 1. The quantitative estimate of drug-likeness (QED) is 0.654. The van der Waals surface area contributed by atoms with E-state index >= 15 is 0 Å². The van der Waals surface area contributed by atoms with E-state index < -0.39 is 0 Å². The van der Waals surface area contributed by atoms with Gasteiger partial charge in [0.2, 0.25) is 0 Å². The van der Waals surface area contributed by atoms with E-state index in [1.807, 2.05) is 37.3 Å². The zero-order chi connectivity index (χ0) is 12.8. The molecule has 0 aromatic heterocycles. The molecular weight excluding hydrogens is 226 g/mol. The molecule has 0 bridgehead atoms. The summed E-state index contributed by atoms with van der Waals surface area (Å²) >= 11 is 0. The van der Waals surface area contributed by atoms with Gasteiger partial charge in [-0.3, -0.25) is 9.63 Å². The van der Waals surface area contributed by atoms with E-state index in [0.29, 0.717) is 0 Å². The minimum atomic E-state index is -0.204. The highest BCUT2D eigenvalue weighted by Gasteiger charge is 2.16. The molecule has 3 heteroatoms. The Morgan fingerprint density at radius 3 is 2.78 bits per heavy atom. The summed E-state index contributed by atoms with van der Waals surface area (Å²) in [5.41, 5.74) is 4.69. The topological polar surface area (TPSA) is 38.3 Å². The Kier molecular flexibility index (Phi) is 4.53. The van der Waals surface area contributed by atoms with Crippen LogP contribution in [-0.2, 0) is 9.63 Å². The number of hydrogen-bond acceptors (Lipinski definition) is 2. The molecule has 0 saturated heterocycles. The molecule has 0 atom stereocenters. The molecule has 1 fully saturated rings. The van der Waals surface area contributed by atoms with Gasteiger partial charge in [-0.1, -0.05) is 37.1 Å². The maximum absolute atomic E-state index is 11.6. The first kappa shape index (κ1) is 12.8. The van der Waals surface area contributed by atoms with E-state index in [9.17, 15) is 4.79 Å². The molecule has 0 aliphatic heterocycles. The first-order chi connectivity index (χ1) is 8.75. The van der Waals surface area contributed by atoms with E-state index in [4.69, 9.17) is 4.84 Å². The second kappa shape index (κ2) is 6.36. The predicted octanol–water partition coefficient (Wildman–Crippen LogP) is 3.00. The highest BCUT2D eigenvalue weighted by Crippen LogP contribution is 2.19. The normalized spacial score (nSPS) is 16.3. The van der Waals surface area contributed by atoms with Gasteiger partial charge in [0.25, 0.3) is 5.91 Å². The third-order valence-electron chi connectivity index (χ3n) is 3.23.